The van der Waals surface area contributed by atoms with Gasteiger partial charge in [-0.05, 0) is 45.4 Å². The lowest BCUT2D eigenvalue weighted by Crippen LogP contribution is -2.43. The Labute approximate surface area is 116 Å². The highest BCUT2D eigenvalue weighted by Crippen LogP contribution is 2.35. The van der Waals surface area contributed by atoms with Crippen molar-refractivity contribution in [2.45, 2.75) is 64.7 Å². The van der Waals surface area contributed by atoms with Crippen molar-refractivity contribution in [3.8, 4) is 0 Å². The van der Waals surface area contributed by atoms with E-state index >= 15 is 0 Å². The van der Waals surface area contributed by atoms with Gasteiger partial charge in [0.25, 0.3) is 0 Å². The lowest BCUT2D eigenvalue weighted by Gasteiger charge is -2.30. The van der Waals surface area contributed by atoms with E-state index in [9.17, 15) is 4.79 Å². The summed E-state index contributed by atoms with van der Waals surface area (Å²) < 4.78 is 5.80. The minimum Gasteiger partial charge on any atom is -0.396 e. The quantitative estimate of drug-likeness (QED) is 0.847. The number of carbonyl (C=O) groups is 1. The van der Waals surface area contributed by atoms with Crippen LogP contribution < -0.4 is 0 Å². The van der Waals surface area contributed by atoms with Gasteiger partial charge in [-0.2, -0.15) is 0 Å². The van der Waals surface area contributed by atoms with E-state index in [0.29, 0.717) is 12.0 Å². The van der Waals surface area contributed by atoms with Crippen molar-refractivity contribution >= 4 is 5.91 Å². The number of likely N-dealkylation sites (tertiary alicyclic amines) is 1. The summed E-state index contributed by atoms with van der Waals surface area (Å²) in [6.45, 7) is 7.28. The molecule has 0 aromatic heterocycles. The van der Waals surface area contributed by atoms with Crippen LogP contribution in [0.4, 0.5) is 0 Å². The van der Waals surface area contributed by atoms with Gasteiger partial charge in [0.1, 0.15) is 0 Å². The Hall–Kier alpha value is -0.610. The third kappa shape index (κ3) is 2.95. The third-order valence-electron chi connectivity index (χ3n) is 4.88. The summed E-state index contributed by atoms with van der Waals surface area (Å²) in [5.41, 5.74) is 0. The first-order valence-electron chi connectivity index (χ1n) is 7.63. The SMILES string of the molecule is CC1OC(C)C(C(=O)N2CCCC2CCCO)C1C. The van der Waals surface area contributed by atoms with Crippen LogP contribution in [0.15, 0.2) is 0 Å². The molecule has 0 saturated carbocycles. The van der Waals surface area contributed by atoms with E-state index in [1.165, 1.54) is 0 Å². The van der Waals surface area contributed by atoms with E-state index < -0.39 is 0 Å². The molecule has 110 valence electrons. The maximum absolute atomic E-state index is 12.8. The minimum atomic E-state index is 0.00438. The molecule has 2 saturated heterocycles. The molecule has 0 aliphatic carbocycles. The van der Waals surface area contributed by atoms with Crippen molar-refractivity contribution in [1.82, 2.24) is 4.90 Å². The molecule has 1 amide bonds. The molecule has 0 aromatic rings. The van der Waals surface area contributed by atoms with Gasteiger partial charge in [0, 0.05) is 19.2 Å². The number of nitrogens with zero attached hydrogens (tertiary/aromatic N) is 1. The maximum atomic E-state index is 12.8. The molecule has 19 heavy (non-hydrogen) atoms. The van der Waals surface area contributed by atoms with Gasteiger partial charge in [0.15, 0.2) is 0 Å². The minimum absolute atomic E-state index is 0.00438. The van der Waals surface area contributed by atoms with Gasteiger partial charge in [0.05, 0.1) is 18.1 Å². The zero-order valence-corrected chi connectivity index (χ0v) is 12.3. The van der Waals surface area contributed by atoms with E-state index in [1.807, 2.05) is 6.92 Å². The molecule has 5 atom stereocenters. The molecule has 0 aromatic carbocycles. The summed E-state index contributed by atoms with van der Waals surface area (Å²) in [6.07, 6.45) is 4.08. The van der Waals surface area contributed by atoms with Crippen LogP contribution in [0.1, 0.15) is 46.5 Å². The van der Waals surface area contributed by atoms with E-state index in [2.05, 4.69) is 18.7 Å². The van der Waals surface area contributed by atoms with Crippen LogP contribution in [0.2, 0.25) is 0 Å². The van der Waals surface area contributed by atoms with Crippen LogP contribution in [-0.4, -0.2) is 47.3 Å². The van der Waals surface area contributed by atoms with Crippen molar-refractivity contribution in [1.29, 1.82) is 0 Å². The van der Waals surface area contributed by atoms with Crippen molar-refractivity contribution in [2.75, 3.05) is 13.2 Å². The smallest absolute Gasteiger partial charge is 0.228 e. The second kappa shape index (κ2) is 6.23. The summed E-state index contributed by atoms with van der Waals surface area (Å²) in [5.74, 6) is 0.566. The Morgan fingerprint density at radius 1 is 1.32 bits per heavy atom. The van der Waals surface area contributed by atoms with Crippen LogP contribution in [0.3, 0.4) is 0 Å². The zero-order chi connectivity index (χ0) is 14.0. The highest BCUT2D eigenvalue weighted by molar-refractivity contribution is 5.80. The van der Waals surface area contributed by atoms with Gasteiger partial charge in [-0.25, -0.2) is 0 Å². The molecule has 1 N–H and O–H groups in total. The van der Waals surface area contributed by atoms with Crippen LogP contribution in [0, 0.1) is 11.8 Å². The van der Waals surface area contributed by atoms with Gasteiger partial charge < -0.3 is 14.7 Å². The molecule has 0 bridgehead atoms. The Morgan fingerprint density at radius 3 is 2.63 bits per heavy atom. The molecule has 2 fully saturated rings. The summed E-state index contributed by atoms with van der Waals surface area (Å²) >= 11 is 0. The van der Waals surface area contributed by atoms with E-state index in [0.717, 1.165) is 32.2 Å². The van der Waals surface area contributed by atoms with Crippen LogP contribution in [-0.2, 0) is 9.53 Å². The molecule has 4 heteroatoms. The van der Waals surface area contributed by atoms with E-state index in [-0.39, 0.29) is 30.6 Å². The molecule has 2 aliphatic rings. The van der Waals surface area contributed by atoms with Crippen molar-refractivity contribution in [3.05, 3.63) is 0 Å². The van der Waals surface area contributed by atoms with Gasteiger partial charge >= 0.3 is 0 Å². The van der Waals surface area contributed by atoms with Crippen LogP contribution in [0.5, 0.6) is 0 Å². The van der Waals surface area contributed by atoms with Gasteiger partial charge in [-0.3, -0.25) is 4.79 Å². The number of amides is 1. The summed E-state index contributed by atoms with van der Waals surface area (Å²) in [4.78, 5) is 14.8. The van der Waals surface area contributed by atoms with Gasteiger partial charge in [-0.15, -0.1) is 0 Å². The molecular formula is C15H27NO3. The molecular weight excluding hydrogens is 242 g/mol. The normalized spacial score (nSPS) is 38.9. The number of aliphatic hydroxyl groups is 1. The van der Waals surface area contributed by atoms with Crippen molar-refractivity contribution < 1.29 is 14.6 Å². The Bertz CT molecular complexity index is 321. The van der Waals surface area contributed by atoms with E-state index in [1.54, 1.807) is 0 Å². The standard InChI is InChI=1S/C15H27NO3/c1-10-11(2)19-12(3)14(10)15(18)16-8-4-6-13(16)7-5-9-17/h10-14,17H,4-9H2,1-3H3. The molecule has 4 nitrogen and oxygen atoms in total. The molecule has 5 unspecified atom stereocenters. The summed E-state index contributed by atoms with van der Waals surface area (Å²) in [7, 11) is 0. The molecule has 2 rings (SSSR count). The largest absolute Gasteiger partial charge is 0.396 e. The Kier molecular flexibility index (Phi) is 4.85. The monoisotopic (exact) mass is 269 g/mol. The third-order valence-corrected chi connectivity index (χ3v) is 4.88. The fraction of sp³-hybridized carbons (Fsp3) is 0.933. The zero-order valence-electron chi connectivity index (χ0n) is 12.3. The molecule has 2 heterocycles. The highest BCUT2D eigenvalue weighted by atomic mass is 16.5. The van der Waals surface area contributed by atoms with Gasteiger partial charge in [0.2, 0.25) is 5.91 Å². The first kappa shape index (κ1) is 14.8. The fourth-order valence-electron chi connectivity index (χ4n) is 3.64. The highest BCUT2D eigenvalue weighted by Gasteiger charge is 2.45. The number of rotatable bonds is 4. The lowest BCUT2D eigenvalue weighted by atomic mass is 9.88. The summed E-state index contributed by atoms with van der Waals surface area (Å²) in [6, 6.07) is 0.329. The Morgan fingerprint density at radius 2 is 2.05 bits per heavy atom. The fourth-order valence-corrected chi connectivity index (χ4v) is 3.64. The predicted molar refractivity (Wildman–Crippen MR) is 73.7 cm³/mol. The molecule has 0 radical (unpaired) electrons. The van der Waals surface area contributed by atoms with Crippen LogP contribution in [0.25, 0.3) is 0 Å². The number of aliphatic hydroxyl groups excluding tert-OH is 1. The first-order chi connectivity index (χ1) is 9.06. The topological polar surface area (TPSA) is 49.8 Å². The molecule has 0 spiro atoms. The van der Waals surface area contributed by atoms with Crippen LogP contribution >= 0.6 is 0 Å². The lowest BCUT2D eigenvalue weighted by molar-refractivity contribution is -0.138. The summed E-state index contributed by atoms with van der Waals surface area (Å²) in [5, 5.41) is 8.96. The average Bonchev–Trinajstić information content (AvgIpc) is 2.92. The predicted octanol–water partition coefficient (Wildman–Crippen LogP) is 1.81. The number of carbonyl (C=O) groups excluding carboxylic acids is 1. The number of hydrogen-bond donors (Lipinski definition) is 1. The Balaban J connectivity index is 2.02. The second-order valence-corrected chi connectivity index (χ2v) is 6.12. The first-order valence-corrected chi connectivity index (χ1v) is 7.63. The van der Waals surface area contributed by atoms with E-state index in [4.69, 9.17) is 9.84 Å². The number of ether oxygens (including phenoxy) is 1. The number of hydrogen-bond acceptors (Lipinski definition) is 3. The average molecular weight is 269 g/mol. The molecule has 2 aliphatic heterocycles. The van der Waals surface area contributed by atoms with Crippen molar-refractivity contribution in [3.63, 3.8) is 0 Å². The van der Waals surface area contributed by atoms with Gasteiger partial charge in [-0.1, -0.05) is 6.92 Å². The second-order valence-electron chi connectivity index (χ2n) is 6.12. The van der Waals surface area contributed by atoms with Crippen molar-refractivity contribution in [2.24, 2.45) is 11.8 Å². The maximum Gasteiger partial charge on any atom is 0.228 e.